The van der Waals surface area contributed by atoms with E-state index in [9.17, 15) is 0 Å². The van der Waals surface area contributed by atoms with Crippen LogP contribution in [0, 0.1) is 92.7 Å². The van der Waals surface area contributed by atoms with Crippen LogP contribution in [0.2, 0.25) is 0 Å². The summed E-state index contributed by atoms with van der Waals surface area (Å²) in [5.41, 5.74) is 3.42. The van der Waals surface area contributed by atoms with Crippen LogP contribution in [0.5, 0.6) is 0 Å². The minimum Gasteiger partial charge on any atom is -0.0842 e. The van der Waals surface area contributed by atoms with E-state index in [1.807, 2.05) is 0 Å². The maximum absolute atomic E-state index is 2.85. The Morgan fingerprint density at radius 1 is 0.417 bits per heavy atom. The second-order valence-corrected chi connectivity index (χ2v) is 12.2. The van der Waals surface area contributed by atoms with Crippen molar-refractivity contribution in [3.05, 3.63) is 24.3 Å². The largest absolute Gasteiger partial charge is 0.0842 e. The number of fused-ring (bicyclic) bond motifs is 1. The molecule has 120 valence electrons. The second-order valence-electron chi connectivity index (χ2n) is 12.2. The van der Waals surface area contributed by atoms with E-state index in [1.54, 1.807) is 25.7 Å². The number of rotatable bonds is 0. The normalized spacial score (nSPS) is 92.7. The van der Waals surface area contributed by atoms with E-state index in [4.69, 9.17) is 0 Å². The van der Waals surface area contributed by atoms with Gasteiger partial charge < -0.3 is 0 Å². The number of allylic oxidation sites excluding steroid dienone is 4. The fourth-order valence-corrected chi connectivity index (χ4v) is 16.4. The van der Waals surface area contributed by atoms with Gasteiger partial charge in [0.25, 0.3) is 0 Å². The van der Waals surface area contributed by atoms with Gasteiger partial charge in [-0.3, -0.25) is 0 Å². The summed E-state index contributed by atoms with van der Waals surface area (Å²) in [7, 11) is 0. The highest BCUT2D eigenvalue weighted by Gasteiger charge is 3.13. The average molecular weight is 312 g/mol. The molecule has 0 aliphatic heterocycles. The molecule has 0 aromatic carbocycles. The van der Waals surface area contributed by atoms with Crippen LogP contribution in [0.3, 0.4) is 0 Å². The molecular formula is C24H24. The van der Waals surface area contributed by atoms with Crippen molar-refractivity contribution in [1.82, 2.24) is 0 Å². The molecule has 24 heavy (non-hydrogen) atoms. The van der Waals surface area contributed by atoms with Crippen LogP contribution in [-0.4, -0.2) is 0 Å². The summed E-state index contributed by atoms with van der Waals surface area (Å²) in [6, 6.07) is 0. The zero-order valence-corrected chi connectivity index (χ0v) is 14.1. The number of hydrogen-bond donors (Lipinski definition) is 0. The molecule has 15 aliphatic rings. The molecule has 0 heteroatoms. The Morgan fingerprint density at radius 2 is 0.708 bits per heavy atom. The van der Waals surface area contributed by atoms with Gasteiger partial charge in [0.1, 0.15) is 0 Å². The first-order valence-electron chi connectivity index (χ1n) is 11.3. The van der Waals surface area contributed by atoms with E-state index in [1.165, 1.54) is 35.5 Å². The molecule has 15 aliphatic carbocycles. The topological polar surface area (TPSA) is 0 Å². The fourth-order valence-electron chi connectivity index (χ4n) is 16.4. The smallest absolute Gasteiger partial charge is 0.00590 e. The zero-order chi connectivity index (χ0) is 14.6. The summed E-state index contributed by atoms with van der Waals surface area (Å²) < 4.78 is 0. The monoisotopic (exact) mass is 312 g/mol. The highest BCUT2D eigenvalue weighted by atomic mass is 15.2. The van der Waals surface area contributed by atoms with Crippen LogP contribution in [0.25, 0.3) is 0 Å². The van der Waals surface area contributed by atoms with Gasteiger partial charge in [0, 0.05) is 0 Å². The molecule has 0 aromatic heterocycles. The lowest BCUT2D eigenvalue weighted by Gasteiger charge is -2.86. The van der Waals surface area contributed by atoms with E-state index in [2.05, 4.69) is 24.3 Å². The highest BCUT2D eigenvalue weighted by molar-refractivity contribution is 5.64. The molecule has 4 unspecified atom stereocenters. The molecular weight excluding hydrogens is 288 g/mol. The van der Waals surface area contributed by atoms with Crippen molar-refractivity contribution in [1.29, 1.82) is 0 Å². The Balaban J connectivity index is 1.51. The van der Waals surface area contributed by atoms with E-state index in [-0.39, 0.29) is 0 Å². The Hall–Kier alpha value is -0.520. The molecule has 4 spiro atoms. The Labute approximate surface area is 143 Å². The highest BCUT2D eigenvalue weighted by Crippen LogP contribution is 3.16. The molecule has 11 fully saturated rings. The third kappa shape index (κ3) is 0.438. The minimum absolute atomic E-state index is 0.856. The van der Waals surface area contributed by atoms with E-state index >= 15 is 0 Å². The van der Waals surface area contributed by atoms with Crippen molar-refractivity contribution in [2.75, 3.05) is 0 Å². The lowest BCUT2D eigenvalue weighted by atomic mass is 9.16. The van der Waals surface area contributed by atoms with Gasteiger partial charge in [-0.1, -0.05) is 24.3 Å². The summed E-state index contributed by atoms with van der Waals surface area (Å²) in [6.45, 7) is 0. The molecule has 0 amide bonds. The quantitative estimate of drug-likeness (QED) is 0.590. The van der Waals surface area contributed by atoms with Gasteiger partial charge in [0.05, 0.1) is 0 Å². The molecule has 0 radical (unpaired) electrons. The molecule has 0 saturated heterocycles. The maximum Gasteiger partial charge on any atom is -0.00590 e. The van der Waals surface area contributed by atoms with Gasteiger partial charge in [-0.15, -0.1) is 0 Å². The van der Waals surface area contributed by atoms with Gasteiger partial charge >= 0.3 is 0 Å². The van der Waals surface area contributed by atoms with Crippen molar-refractivity contribution < 1.29 is 0 Å². The van der Waals surface area contributed by atoms with E-state index < -0.39 is 0 Å². The fraction of sp³-hybridized carbons (Fsp3) is 0.833. The van der Waals surface area contributed by atoms with Gasteiger partial charge in [0.15, 0.2) is 0 Å². The third-order valence-electron chi connectivity index (χ3n) is 14.2. The van der Waals surface area contributed by atoms with Crippen LogP contribution in [-0.2, 0) is 0 Å². The predicted octanol–water partition coefficient (Wildman–Crippen LogP) is 4.15. The summed E-state index contributed by atoms with van der Waals surface area (Å²) in [4.78, 5) is 0. The minimum atomic E-state index is 0.856. The summed E-state index contributed by atoms with van der Waals surface area (Å²) in [6.07, 6.45) is 18.0. The summed E-state index contributed by atoms with van der Waals surface area (Å²) in [5, 5.41) is 0. The molecule has 12 atom stereocenters. The predicted molar refractivity (Wildman–Crippen MR) is 88.4 cm³/mol. The first kappa shape index (κ1) is 10.6. The standard InChI is InChI=1S/C24H24/c1-2-10-18-13-5-3-11-17(18)9(1)21-12-4-6-14-20-16-8-7-15(19(12)20)23(11,21)24(13,16)22(10,14)21/h1-3,5,9-20H,4,6-8H2/t9-,10+,11+,12+,13-,14-,15-,16+,17?,18?,19?,20?,21?,22?,23?,24?. The molecule has 11 saturated carbocycles. The van der Waals surface area contributed by atoms with Crippen LogP contribution in [0.1, 0.15) is 25.7 Å². The van der Waals surface area contributed by atoms with Crippen molar-refractivity contribution in [2.45, 2.75) is 25.7 Å². The van der Waals surface area contributed by atoms with Crippen molar-refractivity contribution in [2.24, 2.45) is 92.7 Å². The second kappa shape index (κ2) is 2.28. The Morgan fingerprint density at radius 3 is 1.00 bits per heavy atom. The lowest BCUT2D eigenvalue weighted by Crippen LogP contribution is -2.84. The zero-order valence-electron chi connectivity index (χ0n) is 14.1. The van der Waals surface area contributed by atoms with Gasteiger partial charge in [0.2, 0.25) is 0 Å². The van der Waals surface area contributed by atoms with Crippen LogP contribution >= 0.6 is 0 Å². The van der Waals surface area contributed by atoms with E-state index in [0.717, 1.165) is 57.2 Å². The van der Waals surface area contributed by atoms with E-state index in [0.29, 0.717) is 0 Å². The van der Waals surface area contributed by atoms with Crippen LogP contribution < -0.4 is 0 Å². The van der Waals surface area contributed by atoms with Gasteiger partial charge in [-0.2, -0.15) is 0 Å². The van der Waals surface area contributed by atoms with Gasteiger partial charge in [-0.25, -0.2) is 0 Å². The van der Waals surface area contributed by atoms with Crippen LogP contribution in [0.4, 0.5) is 0 Å². The number of hydrogen-bond acceptors (Lipinski definition) is 0. The summed E-state index contributed by atoms with van der Waals surface area (Å²) in [5.74, 6) is 13.6. The lowest BCUT2D eigenvalue weighted by molar-refractivity contribution is -0.396. The first-order valence-corrected chi connectivity index (χ1v) is 11.3. The molecule has 0 aromatic rings. The molecule has 0 heterocycles. The molecule has 0 nitrogen and oxygen atoms in total. The van der Waals surface area contributed by atoms with Crippen LogP contribution in [0.15, 0.2) is 24.3 Å². The van der Waals surface area contributed by atoms with Crippen molar-refractivity contribution in [3.8, 4) is 0 Å². The average Bonchev–Trinajstić information content (AvgIpc) is 3.09. The maximum atomic E-state index is 2.85. The molecule has 14 bridgehead atoms. The Bertz CT molecular complexity index is 753. The summed E-state index contributed by atoms with van der Waals surface area (Å²) >= 11 is 0. The molecule has 0 N–H and O–H groups in total. The molecule has 15 rings (SSSR count). The van der Waals surface area contributed by atoms with Crippen molar-refractivity contribution >= 4 is 0 Å². The van der Waals surface area contributed by atoms with Gasteiger partial charge in [-0.05, 0) is 118 Å². The first-order chi connectivity index (χ1) is 11.9. The SMILES string of the molecule is C1=C[C@H]2C3C4[C@@H]1C15[C@H]6CC[C@@H]7C8C6[C@H]6CC[C@@H]8C8([C@@H]3C=C[C@@H]4C618)C725. The third-order valence-corrected chi connectivity index (χ3v) is 14.2. The van der Waals surface area contributed by atoms with Crippen molar-refractivity contribution in [3.63, 3.8) is 0 Å². The Kier molecular flexibility index (Phi) is 1.00.